The number of benzene rings is 1. The molecule has 2 N–H and O–H groups in total. The van der Waals surface area contributed by atoms with Gasteiger partial charge in [-0.1, -0.05) is 11.6 Å². The van der Waals surface area contributed by atoms with E-state index in [1.54, 1.807) is 31.2 Å². The average molecular weight is 308 g/mol. The van der Waals surface area contributed by atoms with Gasteiger partial charge in [0.2, 0.25) is 11.8 Å². The quantitative estimate of drug-likeness (QED) is 0.648. The molecule has 0 aliphatic heterocycles. The molecular weight excluding hydrogens is 294 g/mol. The molecule has 0 unspecified atom stereocenters. The maximum Gasteiger partial charge on any atom is 0.332 e. The van der Waals surface area contributed by atoms with Crippen molar-refractivity contribution in [1.29, 1.82) is 0 Å². The minimum Gasteiger partial charge on any atom is -0.354 e. The van der Waals surface area contributed by atoms with Crippen molar-refractivity contribution in [2.24, 2.45) is 0 Å². The summed E-state index contributed by atoms with van der Waals surface area (Å²) < 4.78 is 0. The maximum absolute atomic E-state index is 11.2. The summed E-state index contributed by atoms with van der Waals surface area (Å²) in [5.41, 5.74) is 0.803. The summed E-state index contributed by atoms with van der Waals surface area (Å²) in [6.45, 7) is 4.09. The maximum atomic E-state index is 11.2. The molecule has 0 amide bonds. The molecule has 0 spiro atoms. The van der Waals surface area contributed by atoms with Gasteiger partial charge >= 0.3 is 5.69 Å². The van der Waals surface area contributed by atoms with E-state index in [4.69, 9.17) is 11.6 Å². The van der Waals surface area contributed by atoms with Crippen LogP contribution < -0.4 is 10.6 Å². The Hall–Kier alpha value is -2.41. The SMILES string of the molecule is CCNc1nc(C)c([N+](=O)[O-])c(Nc2ccc(Cl)cc2)n1. The van der Waals surface area contributed by atoms with Gasteiger partial charge in [0.15, 0.2) is 0 Å². The van der Waals surface area contributed by atoms with E-state index in [1.807, 2.05) is 6.92 Å². The Bertz CT molecular complexity index is 660. The van der Waals surface area contributed by atoms with Crippen LogP contribution >= 0.6 is 11.6 Å². The van der Waals surface area contributed by atoms with Crippen LogP contribution in [0.5, 0.6) is 0 Å². The van der Waals surface area contributed by atoms with E-state index in [-0.39, 0.29) is 11.5 Å². The number of nitro groups is 1. The van der Waals surface area contributed by atoms with E-state index < -0.39 is 4.92 Å². The van der Waals surface area contributed by atoms with Crippen LogP contribution in [0.15, 0.2) is 24.3 Å². The zero-order valence-electron chi connectivity index (χ0n) is 11.6. The van der Waals surface area contributed by atoms with E-state index in [2.05, 4.69) is 20.6 Å². The lowest BCUT2D eigenvalue weighted by Crippen LogP contribution is -2.09. The Kier molecular flexibility index (Phi) is 4.54. The number of nitrogens with zero attached hydrogens (tertiary/aromatic N) is 3. The van der Waals surface area contributed by atoms with Crippen molar-refractivity contribution < 1.29 is 4.92 Å². The Morgan fingerprint density at radius 1 is 1.29 bits per heavy atom. The van der Waals surface area contributed by atoms with Crippen molar-refractivity contribution >= 4 is 34.7 Å². The predicted octanol–water partition coefficient (Wildman–Crippen LogP) is 3.52. The fourth-order valence-corrected chi connectivity index (χ4v) is 1.91. The summed E-state index contributed by atoms with van der Waals surface area (Å²) in [5.74, 6) is 0.489. The van der Waals surface area contributed by atoms with Gasteiger partial charge in [0, 0.05) is 17.3 Å². The Morgan fingerprint density at radius 3 is 2.52 bits per heavy atom. The van der Waals surface area contributed by atoms with Crippen LogP contribution in [0.25, 0.3) is 0 Å². The summed E-state index contributed by atoms with van der Waals surface area (Å²) >= 11 is 5.82. The zero-order valence-corrected chi connectivity index (χ0v) is 12.3. The molecule has 1 heterocycles. The number of hydrogen-bond acceptors (Lipinski definition) is 6. The van der Waals surface area contributed by atoms with Crippen molar-refractivity contribution in [3.8, 4) is 0 Å². The molecule has 0 saturated heterocycles. The van der Waals surface area contributed by atoms with E-state index in [9.17, 15) is 10.1 Å². The summed E-state index contributed by atoms with van der Waals surface area (Å²) in [6.07, 6.45) is 0. The number of nitrogens with one attached hydrogen (secondary N) is 2. The predicted molar refractivity (Wildman–Crippen MR) is 82.3 cm³/mol. The number of aryl methyl sites for hydroxylation is 1. The number of aromatic nitrogens is 2. The van der Waals surface area contributed by atoms with Gasteiger partial charge in [-0.25, -0.2) is 4.98 Å². The molecule has 0 atom stereocenters. The molecule has 21 heavy (non-hydrogen) atoms. The Labute approximate surface area is 126 Å². The van der Waals surface area contributed by atoms with Crippen molar-refractivity contribution in [1.82, 2.24) is 9.97 Å². The third kappa shape index (κ3) is 3.57. The minimum absolute atomic E-state index is 0.144. The summed E-state index contributed by atoms with van der Waals surface area (Å²) in [5, 5.41) is 17.7. The minimum atomic E-state index is -0.497. The molecule has 0 bridgehead atoms. The second kappa shape index (κ2) is 6.36. The highest BCUT2D eigenvalue weighted by atomic mass is 35.5. The largest absolute Gasteiger partial charge is 0.354 e. The van der Waals surface area contributed by atoms with Gasteiger partial charge in [-0.3, -0.25) is 10.1 Å². The molecule has 2 rings (SSSR count). The third-order valence-electron chi connectivity index (χ3n) is 2.68. The molecule has 110 valence electrons. The van der Waals surface area contributed by atoms with Gasteiger partial charge in [-0.2, -0.15) is 4.98 Å². The highest BCUT2D eigenvalue weighted by Gasteiger charge is 2.22. The molecule has 0 fully saturated rings. The molecular formula is C13H14ClN5O2. The topological polar surface area (TPSA) is 93.0 Å². The molecule has 0 radical (unpaired) electrons. The van der Waals surface area contributed by atoms with E-state index >= 15 is 0 Å². The first kappa shape index (κ1) is 15.0. The zero-order chi connectivity index (χ0) is 15.4. The van der Waals surface area contributed by atoms with Gasteiger partial charge in [-0.05, 0) is 38.1 Å². The highest BCUT2D eigenvalue weighted by Crippen LogP contribution is 2.29. The molecule has 2 aromatic rings. The van der Waals surface area contributed by atoms with Crippen molar-refractivity contribution in [2.75, 3.05) is 17.2 Å². The molecule has 8 heteroatoms. The first-order valence-corrected chi connectivity index (χ1v) is 6.68. The second-order valence-corrected chi connectivity index (χ2v) is 4.69. The lowest BCUT2D eigenvalue weighted by atomic mass is 10.3. The summed E-state index contributed by atoms with van der Waals surface area (Å²) in [6, 6.07) is 6.82. The van der Waals surface area contributed by atoms with Crippen LogP contribution in [-0.4, -0.2) is 21.4 Å². The second-order valence-electron chi connectivity index (χ2n) is 4.25. The van der Waals surface area contributed by atoms with Crippen LogP contribution in [0.4, 0.5) is 23.1 Å². The van der Waals surface area contributed by atoms with E-state index in [0.29, 0.717) is 28.9 Å². The number of anilines is 3. The first-order valence-electron chi connectivity index (χ1n) is 6.30. The van der Waals surface area contributed by atoms with Crippen LogP contribution in [0.1, 0.15) is 12.6 Å². The van der Waals surface area contributed by atoms with Gasteiger partial charge in [0.25, 0.3) is 0 Å². The van der Waals surface area contributed by atoms with E-state index in [0.717, 1.165) is 0 Å². The van der Waals surface area contributed by atoms with E-state index in [1.165, 1.54) is 0 Å². The lowest BCUT2D eigenvalue weighted by Gasteiger charge is -2.10. The van der Waals surface area contributed by atoms with Crippen molar-refractivity contribution in [2.45, 2.75) is 13.8 Å². The Balaban J connectivity index is 2.43. The van der Waals surface area contributed by atoms with Crippen molar-refractivity contribution in [3.63, 3.8) is 0 Å². The fraction of sp³-hybridized carbons (Fsp3) is 0.231. The normalized spacial score (nSPS) is 10.2. The summed E-state index contributed by atoms with van der Waals surface area (Å²) in [4.78, 5) is 18.9. The molecule has 1 aromatic heterocycles. The van der Waals surface area contributed by atoms with Crippen molar-refractivity contribution in [3.05, 3.63) is 45.1 Å². The number of hydrogen-bond donors (Lipinski definition) is 2. The standard InChI is InChI=1S/C13H14ClN5O2/c1-3-15-13-16-8(2)11(19(20)21)12(18-13)17-10-6-4-9(14)5-7-10/h4-7H,3H2,1-2H3,(H2,15,16,17,18). The van der Waals surface area contributed by atoms with Crippen LogP contribution in [0.2, 0.25) is 5.02 Å². The smallest absolute Gasteiger partial charge is 0.332 e. The average Bonchev–Trinajstić information content (AvgIpc) is 2.41. The Morgan fingerprint density at radius 2 is 1.95 bits per heavy atom. The molecule has 1 aromatic carbocycles. The first-order chi connectivity index (χ1) is 10.0. The molecule has 0 aliphatic rings. The number of halogens is 1. The lowest BCUT2D eigenvalue weighted by molar-refractivity contribution is -0.385. The third-order valence-corrected chi connectivity index (χ3v) is 2.93. The van der Waals surface area contributed by atoms with Gasteiger partial charge in [0.05, 0.1) is 4.92 Å². The number of rotatable bonds is 5. The fourth-order valence-electron chi connectivity index (χ4n) is 1.78. The van der Waals surface area contributed by atoms with Gasteiger partial charge in [0.1, 0.15) is 5.69 Å². The molecule has 7 nitrogen and oxygen atoms in total. The summed E-state index contributed by atoms with van der Waals surface area (Å²) in [7, 11) is 0. The highest BCUT2D eigenvalue weighted by molar-refractivity contribution is 6.30. The molecule has 0 saturated carbocycles. The van der Waals surface area contributed by atoms with Gasteiger partial charge in [-0.15, -0.1) is 0 Å². The van der Waals surface area contributed by atoms with Crippen LogP contribution in [0.3, 0.4) is 0 Å². The van der Waals surface area contributed by atoms with Crippen LogP contribution in [0, 0.1) is 17.0 Å². The molecule has 0 aliphatic carbocycles. The van der Waals surface area contributed by atoms with Crippen LogP contribution in [-0.2, 0) is 0 Å². The van der Waals surface area contributed by atoms with Gasteiger partial charge < -0.3 is 10.6 Å². The monoisotopic (exact) mass is 307 g/mol.